The number of nitrogens with zero attached hydrogens (tertiary/aromatic N) is 3. The fraction of sp³-hybridized carbons (Fsp3) is 0.462. The van der Waals surface area contributed by atoms with Gasteiger partial charge in [-0.2, -0.15) is 4.98 Å². The molecule has 0 amide bonds. The fourth-order valence-corrected chi connectivity index (χ4v) is 2.42. The maximum atomic E-state index is 10.7. The van der Waals surface area contributed by atoms with Crippen molar-refractivity contribution in [3.05, 3.63) is 28.3 Å². The lowest BCUT2D eigenvalue weighted by Crippen LogP contribution is -2.36. The summed E-state index contributed by atoms with van der Waals surface area (Å²) in [6.45, 7) is 2.09. The molecule has 106 valence electrons. The summed E-state index contributed by atoms with van der Waals surface area (Å²) in [6.07, 6.45) is 2.07. The van der Waals surface area contributed by atoms with Crippen molar-refractivity contribution in [2.45, 2.75) is 18.9 Å². The lowest BCUT2D eigenvalue weighted by molar-refractivity contribution is -0.384. The van der Waals surface area contributed by atoms with Gasteiger partial charge in [-0.05, 0) is 39.0 Å². The molecule has 3 rings (SSSR count). The highest BCUT2D eigenvalue weighted by Gasteiger charge is 2.19. The van der Waals surface area contributed by atoms with Gasteiger partial charge in [0.25, 0.3) is 11.7 Å². The molecule has 20 heavy (non-hydrogen) atoms. The van der Waals surface area contributed by atoms with Crippen LogP contribution in [0.3, 0.4) is 0 Å². The standard InChI is InChI=1S/C13H16N4O3/c1-16-6-4-9(5-7-16)14-13-15-11-8-10(17(18)19)2-3-12(11)20-13/h2-3,8-9H,4-7H2,1H3,(H,14,15). The summed E-state index contributed by atoms with van der Waals surface area (Å²) in [6, 6.07) is 5.22. The molecule has 0 spiro atoms. The number of non-ortho nitro benzene ring substituents is 1. The van der Waals surface area contributed by atoms with Crippen LogP contribution in [0.4, 0.5) is 11.7 Å². The van der Waals surface area contributed by atoms with Crippen LogP contribution in [0.5, 0.6) is 0 Å². The van der Waals surface area contributed by atoms with Gasteiger partial charge in [0.15, 0.2) is 5.58 Å². The summed E-state index contributed by atoms with van der Waals surface area (Å²) < 4.78 is 5.57. The first-order valence-electron chi connectivity index (χ1n) is 6.62. The number of nitro benzene ring substituents is 1. The number of rotatable bonds is 3. The Morgan fingerprint density at radius 2 is 2.20 bits per heavy atom. The second-order valence-electron chi connectivity index (χ2n) is 5.15. The number of nitro groups is 1. The van der Waals surface area contributed by atoms with Crippen LogP contribution < -0.4 is 5.32 Å². The van der Waals surface area contributed by atoms with Crippen molar-refractivity contribution in [3.8, 4) is 0 Å². The third kappa shape index (κ3) is 2.57. The molecule has 1 aliphatic rings. The summed E-state index contributed by atoms with van der Waals surface area (Å²) >= 11 is 0. The van der Waals surface area contributed by atoms with Crippen LogP contribution in [-0.4, -0.2) is 41.0 Å². The van der Waals surface area contributed by atoms with Crippen molar-refractivity contribution in [1.82, 2.24) is 9.88 Å². The molecule has 1 aromatic heterocycles. The average Bonchev–Trinajstić information content (AvgIpc) is 2.82. The highest BCUT2D eigenvalue weighted by Crippen LogP contribution is 2.24. The van der Waals surface area contributed by atoms with E-state index in [-0.39, 0.29) is 5.69 Å². The van der Waals surface area contributed by atoms with Crippen LogP contribution in [0.1, 0.15) is 12.8 Å². The Morgan fingerprint density at radius 1 is 1.45 bits per heavy atom. The predicted octanol–water partition coefficient (Wildman–Crippen LogP) is 2.24. The van der Waals surface area contributed by atoms with Gasteiger partial charge in [-0.3, -0.25) is 10.1 Å². The first-order valence-corrected chi connectivity index (χ1v) is 6.62. The molecule has 0 unspecified atom stereocenters. The zero-order chi connectivity index (χ0) is 14.1. The van der Waals surface area contributed by atoms with Gasteiger partial charge < -0.3 is 14.6 Å². The lowest BCUT2D eigenvalue weighted by Gasteiger charge is -2.28. The predicted molar refractivity (Wildman–Crippen MR) is 74.8 cm³/mol. The fourth-order valence-electron chi connectivity index (χ4n) is 2.42. The molecular formula is C13H16N4O3. The first-order chi connectivity index (χ1) is 9.61. The highest BCUT2D eigenvalue weighted by atomic mass is 16.6. The number of anilines is 1. The van der Waals surface area contributed by atoms with Crippen LogP contribution in [0.25, 0.3) is 11.1 Å². The maximum Gasteiger partial charge on any atom is 0.295 e. The topological polar surface area (TPSA) is 84.4 Å². The highest BCUT2D eigenvalue weighted by molar-refractivity contribution is 5.77. The van der Waals surface area contributed by atoms with Crippen molar-refractivity contribution in [3.63, 3.8) is 0 Å². The van der Waals surface area contributed by atoms with E-state index in [1.165, 1.54) is 12.1 Å². The van der Waals surface area contributed by atoms with Crippen molar-refractivity contribution in [2.24, 2.45) is 0 Å². The Labute approximate surface area is 115 Å². The van der Waals surface area contributed by atoms with E-state index in [0.29, 0.717) is 23.2 Å². The van der Waals surface area contributed by atoms with Crippen molar-refractivity contribution in [2.75, 3.05) is 25.5 Å². The minimum absolute atomic E-state index is 0.0247. The van der Waals surface area contributed by atoms with Crippen molar-refractivity contribution in [1.29, 1.82) is 0 Å². The van der Waals surface area contributed by atoms with Gasteiger partial charge in [-0.25, -0.2) is 0 Å². The second-order valence-corrected chi connectivity index (χ2v) is 5.15. The molecule has 1 N–H and O–H groups in total. The molecule has 2 aromatic rings. The van der Waals surface area contributed by atoms with E-state index in [1.807, 2.05) is 0 Å². The molecule has 0 saturated carbocycles. The lowest BCUT2D eigenvalue weighted by atomic mass is 10.1. The summed E-state index contributed by atoms with van der Waals surface area (Å²) in [5.74, 6) is 0. The van der Waals surface area contributed by atoms with Gasteiger partial charge in [0.2, 0.25) is 0 Å². The molecule has 1 saturated heterocycles. The molecule has 2 heterocycles. The molecule has 0 aliphatic carbocycles. The Morgan fingerprint density at radius 3 is 2.90 bits per heavy atom. The third-order valence-corrected chi connectivity index (χ3v) is 3.63. The quantitative estimate of drug-likeness (QED) is 0.683. The molecular weight excluding hydrogens is 260 g/mol. The van der Waals surface area contributed by atoms with Gasteiger partial charge in [-0.15, -0.1) is 0 Å². The smallest absolute Gasteiger partial charge is 0.295 e. The number of piperidine rings is 1. The first kappa shape index (κ1) is 12.9. The van der Waals surface area contributed by atoms with Gasteiger partial charge >= 0.3 is 0 Å². The SMILES string of the molecule is CN1CCC(Nc2nc3cc([N+](=O)[O-])ccc3o2)CC1. The number of likely N-dealkylation sites (tertiary alicyclic amines) is 1. The van der Waals surface area contributed by atoms with Crippen LogP contribution in [0, 0.1) is 10.1 Å². The molecule has 0 radical (unpaired) electrons. The largest absolute Gasteiger partial charge is 0.424 e. The number of benzene rings is 1. The van der Waals surface area contributed by atoms with Crippen molar-refractivity contribution < 1.29 is 9.34 Å². The molecule has 0 atom stereocenters. The Hall–Kier alpha value is -2.15. The zero-order valence-corrected chi connectivity index (χ0v) is 11.2. The number of hydrogen-bond acceptors (Lipinski definition) is 6. The van der Waals surface area contributed by atoms with Gasteiger partial charge in [0.05, 0.1) is 4.92 Å². The number of fused-ring (bicyclic) bond motifs is 1. The molecule has 7 heteroatoms. The minimum atomic E-state index is -0.432. The van der Waals surface area contributed by atoms with Gasteiger partial charge in [-0.1, -0.05) is 0 Å². The second kappa shape index (κ2) is 5.09. The van der Waals surface area contributed by atoms with Gasteiger partial charge in [0, 0.05) is 18.2 Å². The van der Waals surface area contributed by atoms with E-state index in [0.717, 1.165) is 25.9 Å². The zero-order valence-electron chi connectivity index (χ0n) is 11.2. The van der Waals surface area contributed by atoms with Crippen LogP contribution in [-0.2, 0) is 0 Å². The Kier molecular flexibility index (Phi) is 3.27. The van der Waals surface area contributed by atoms with E-state index in [4.69, 9.17) is 4.42 Å². The maximum absolute atomic E-state index is 10.7. The van der Waals surface area contributed by atoms with E-state index < -0.39 is 4.92 Å². The number of aromatic nitrogens is 1. The summed E-state index contributed by atoms with van der Waals surface area (Å²) in [5, 5.41) is 14.0. The third-order valence-electron chi connectivity index (χ3n) is 3.63. The molecule has 1 fully saturated rings. The summed E-state index contributed by atoms with van der Waals surface area (Å²) in [4.78, 5) is 16.9. The van der Waals surface area contributed by atoms with Crippen molar-refractivity contribution >= 4 is 22.8 Å². The normalized spacial score (nSPS) is 17.4. The molecule has 0 bridgehead atoms. The number of oxazole rings is 1. The Bertz CT molecular complexity index is 632. The number of nitrogens with one attached hydrogen (secondary N) is 1. The van der Waals surface area contributed by atoms with E-state index in [9.17, 15) is 10.1 Å². The molecule has 1 aliphatic heterocycles. The van der Waals surface area contributed by atoms with Crippen LogP contribution in [0.2, 0.25) is 0 Å². The minimum Gasteiger partial charge on any atom is -0.424 e. The Balaban J connectivity index is 1.77. The van der Waals surface area contributed by atoms with E-state index in [1.54, 1.807) is 6.07 Å². The number of hydrogen-bond donors (Lipinski definition) is 1. The summed E-state index contributed by atoms with van der Waals surface area (Å²) in [7, 11) is 2.11. The van der Waals surface area contributed by atoms with Crippen LogP contribution in [0.15, 0.2) is 22.6 Å². The van der Waals surface area contributed by atoms with Crippen LogP contribution >= 0.6 is 0 Å². The van der Waals surface area contributed by atoms with Gasteiger partial charge in [0.1, 0.15) is 5.52 Å². The van der Waals surface area contributed by atoms with E-state index in [2.05, 4.69) is 22.2 Å². The molecule has 1 aromatic carbocycles. The summed E-state index contributed by atoms with van der Waals surface area (Å²) in [5.41, 5.74) is 1.09. The molecule has 7 nitrogen and oxygen atoms in total. The average molecular weight is 276 g/mol. The van der Waals surface area contributed by atoms with E-state index >= 15 is 0 Å². The monoisotopic (exact) mass is 276 g/mol.